The first-order valence-corrected chi connectivity index (χ1v) is 9.34. The quantitative estimate of drug-likeness (QED) is 0.743. The summed E-state index contributed by atoms with van der Waals surface area (Å²) in [5.74, 6) is 0.811. The summed E-state index contributed by atoms with van der Waals surface area (Å²) in [4.78, 5) is 11.9. The van der Waals surface area contributed by atoms with Gasteiger partial charge >= 0.3 is 0 Å². The molecule has 1 amide bonds. The zero-order valence-corrected chi connectivity index (χ0v) is 15.4. The van der Waals surface area contributed by atoms with Crippen LogP contribution in [0.2, 0.25) is 0 Å². The van der Waals surface area contributed by atoms with Crippen LogP contribution in [0.4, 0.5) is 10.8 Å². The fourth-order valence-electron chi connectivity index (χ4n) is 1.74. The minimum Gasteiger partial charge on any atom is -0.353 e. The highest BCUT2D eigenvalue weighted by Crippen LogP contribution is 2.28. The van der Waals surface area contributed by atoms with Gasteiger partial charge in [-0.3, -0.25) is 4.79 Å². The van der Waals surface area contributed by atoms with Gasteiger partial charge in [0.15, 0.2) is 4.34 Å². The first kappa shape index (κ1) is 17.7. The monoisotopic (exact) mass is 350 g/mol. The molecule has 0 aliphatic rings. The summed E-state index contributed by atoms with van der Waals surface area (Å²) in [6.45, 7) is 8.24. The average molecular weight is 351 g/mol. The summed E-state index contributed by atoms with van der Waals surface area (Å²) in [5.41, 5.74) is 2.17. The first-order valence-electron chi connectivity index (χ1n) is 7.54. The molecule has 0 saturated carbocycles. The van der Waals surface area contributed by atoms with E-state index in [1.807, 2.05) is 38.1 Å². The van der Waals surface area contributed by atoms with Crippen molar-refractivity contribution in [2.45, 2.75) is 38.1 Å². The Morgan fingerprint density at radius 1 is 1.26 bits per heavy atom. The van der Waals surface area contributed by atoms with Crippen LogP contribution in [-0.4, -0.2) is 27.9 Å². The third-order valence-corrected chi connectivity index (χ3v) is 5.48. The van der Waals surface area contributed by atoms with Crippen molar-refractivity contribution >= 4 is 39.8 Å². The van der Waals surface area contributed by atoms with E-state index in [9.17, 15) is 4.79 Å². The van der Waals surface area contributed by atoms with Gasteiger partial charge in [0, 0.05) is 11.7 Å². The van der Waals surface area contributed by atoms with E-state index in [-0.39, 0.29) is 11.9 Å². The number of carbonyl (C=O) groups is 1. The molecule has 2 rings (SSSR count). The molecule has 0 aliphatic carbocycles. The number of benzene rings is 1. The second-order valence-corrected chi connectivity index (χ2v) is 7.90. The van der Waals surface area contributed by atoms with Crippen LogP contribution < -0.4 is 10.6 Å². The van der Waals surface area contributed by atoms with Crippen LogP contribution in [0.15, 0.2) is 28.6 Å². The van der Waals surface area contributed by atoms with Crippen LogP contribution in [0.3, 0.4) is 0 Å². The van der Waals surface area contributed by atoms with Crippen LogP contribution in [0.25, 0.3) is 0 Å². The van der Waals surface area contributed by atoms with E-state index < -0.39 is 0 Å². The van der Waals surface area contributed by atoms with E-state index in [1.54, 1.807) is 0 Å². The number of hydrogen-bond acceptors (Lipinski definition) is 6. The fourth-order valence-corrected chi connectivity index (χ4v) is 3.31. The van der Waals surface area contributed by atoms with Crippen molar-refractivity contribution in [2.75, 3.05) is 11.1 Å². The summed E-state index contributed by atoms with van der Waals surface area (Å²) < 4.78 is 0.786. The van der Waals surface area contributed by atoms with E-state index in [1.165, 1.54) is 23.1 Å². The molecule has 1 aromatic carbocycles. The molecule has 0 fully saturated rings. The topological polar surface area (TPSA) is 66.9 Å². The molecule has 0 bridgehead atoms. The average Bonchev–Trinajstić information content (AvgIpc) is 2.95. The highest BCUT2D eigenvalue weighted by atomic mass is 32.2. The van der Waals surface area contributed by atoms with E-state index in [2.05, 4.69) is 34.7 Å². The lowest BCUT2D eigenvalue weighted by atomic mass is 10.1. The summed E-state index contributed by atoms with van der Waals surface area (Å²) in [5, 5.41) is 15.2. The van der Waals surface area contributed by atoms with Gasteiger partial charge in [-0.2, -0.15) is 0 Å². The number of hydrogen-bond donors (Lipinski definition) is 2. The van der Waals surface area contributed by atoms with Gasteiger partial charge in [0.05, 0.1) is 5.75 Å². The number of rotatable bonds is 7. The maximum absolute atomic E-state index is 11.9. The molecule has 7 heteroatoms. The molecule has 5 nitrogen and oxygen atoms in total. The second kappa shape index (κ2) is 8.31. The normalized spacial score (nSPS) is 12.2. The summed E-state index contributed by atoms with van der Waals surface area (Å²) in [6, 6.07) is 8.20. The SMILES string of the molecule is Cc1ccccc1Nc1nnc(SCC(=O)N[C@@H](C)C(C)C)s1. The van der Waals surface area contributed by atoms with Gasteiger partial charge in [-0.05, 0) is 31.4 Å². The largest absolute Gasteiger partial charge is 0.353 e. The van der Waals surface area contributed by atoms with Gasteiger partial charge in [-0.15, -0.1) is 10.2 Å². The van der Waals surface area contributed by atoms with Gasteiger partial charge in [-0.1, -0.05) is 55.1 Å². The van der Waals surface area contributed by atoms with Gasteiger partial charge in [0.1, 0.15) is 0 Å². The Morgan fingerprint density at radius 2 is 2.00 bits per heavy atom. The smallest absolute Gasteiger partial charge is 0.230 e. The maximum Gasteiger partial charge on any atom is 0.230 e. The molecule has 2 aromatic rings. The number of nitrogens with zero attached hydrogens (tertiary/aromatic N) is 2. The molecule has 0 saturated heterocycles. The lowest BCUT2D eigenvalue weighted by Crippen LogP contribution is -2.37. The van der Waals surface area contributed by atoms with Crippen molar-refractivity contribution in [1.82, 2.24) is 15.5 Å². The van der Waals surface area contributed by atoms with Gasteiger partial charge in [-0.25, -0.2) is 0 Å². The van der Waals surface area contributed by atoms with Gasteiger partial charge in [0.2, 0.25) is 11.0 Å². The van der Waals surface area contributed by atoms with E-state index in [0.29, 0.717) is 11.7 Å². The first-order chi connectivity index (χ1) is 11.0. The minimum atomic E-state index is 0.0276. The van der Waals surface area contributed by atoms with Crippen molar-refractivity contribution in [3.63, 3.8) is 0 Å². The number of thioether (sulfide) groups is 1. The van der Waals surface area contributed by atoms with E-state index in [0.717, 1.165) is 20.7 Å². The summed E-state index contributed by atoms with van der Waals surface area (Å²) in [6.07, 6.45) is 0. The Balaban J connectivity index is 1.85. The third kappa shape index (κ3) is 5.51. The zero-order valence-electron chi connectivity index (χ0n) is 13.8. The standard InChI is InChI=1S/C16H22N4OS2/c1-10(2)12(4)17-14(21)9-22-16-20-19-15(23-16)18-13-8-6-5-7-11(13)3/h5-8,10,12H,9H2,1-4H3,(H,17,21)(H,18,19)/t12-/m0/s1. The molecular weight excluding hydrogens is 328 g/mol. The molecular formula is C16H22N4OS2. The van der Waals surface area contributed by atoms with Crippen LogP contribution >= 0.6 is 23.1 Å². The van der Waals surface area contributed by atoms with E-state index >= 15 is 0 Å². The Labute approximate surface area is 145 Å². The predicted octanol–water partition coefficient (Wildman–Crippen LogP) is 3.84. The number of anilines is 2. The zero-order chi connectivity index (χ0) is 16.8. The third-order valence-electron chi connectivity index (χ3n) is 3.51. The predicted molar refractivity (Wildman–Crippen MR) is 97.5 cm³/mol. The molecule has 124 valence electrons. The lowest BCUT2D eigenvalue weighted by molar-refractivity contribution is -0.119. The molecule has 23 heavy (non-hydrogen) atoms. The van der Waals surface area contributed by atoms with Crippen LogP contribution in [0.1, 0.15) is 26.3 Å². The molecule has 0 spiro atoms. The number of aromatic nitrogens is 2. The Hall–Kier alpha value is -1.60. The molecule has 1 heterocycles. The highest BCUT2D eigenvalue weighted by molar-refractivity contribution is 8.01. The number of aryl methyl sites for hydroxylation is 1. The van der Waals surface area contributed by atoms with Crippen LogP contribution in [-0.2, 0) is 4.79 Å². The van der Waals surface area contributed by atoms with Gasteiger partial charge < -0.3 is 10.6 Å². The molecule has 0 aliphatic heterocycles. The number of amides is 1. The molecule has 2 N–H and O–H groups in total. The van der Waals surface area contributed by atoms with Crippen LogP contribution in [0, 0.1) is 12.8 Å². The minimum absolute atomic E-state index is 0.0276. The maximum atomic E-state index is 11.9. The lowest BCUT2D eigenvalue weighted by Gasteiger charge is -2.16. The summed E-state index contributed by atoms with van der Waals surface area (Å²) in [7, 11) is 0. The molecule has 0 unspecified atom stereocenters. The Bertz CT molecular complexity index is 657. The van der Waals surface area contributed by atoms with E-state index in [4.69, 9.17) is 0 Å². The number of nitrogens with one attached hydrogen (secondary N) is 2. The second-order valence-electron chi connectivity index (χ2n) is 5.70. The number of para-hydroxylation sites is 1. The van der Waals surface area contributed by atoms with Crippen molar-refractivity contribution in [3.05, 3.63) is 29.8 Å². The van der Waals surface area contributed by atoms with Crippen molar-refractivity contribution in [1.29, 1.82) is 0 Å². The Kier molecular flexibility index (Phi) is 6.41. The fraction of sp³-hybridized carbons (Fsp3) is 0.438. The van der Waals surface area contributed by atoms with Crippen molar-refractivity contribution in [2.24, 2.45) is 5.92 Å². The molecule has 1 atom stereocenters. The molecule has 0 radical (unpaired) electrons. The highest BCUT2D eigenvalue weighted by Gasteiger charge is 2.12. The number of carbonyl (C=O) groups excluding carboxylic acids is 1. The Morgan fingerprint density at radius 3 is 2.70 bits per heavy atom. The van der Waals surface area contributed by atoms with Gasteiger partial charge in [0.25, 0.3) is 0 Å². The summed E-state index contributed by atoms with van der Waals surface area (Å²) >= 11 is 2.86. The van der Waals surface area contributed by atoms with Crippen molar-refractivity contribution < 1.29 is 4.79 Å². The van der Waals surface area contributed by atoms with Crippen molar-refractivity contribution in [3.8, 4) is 0 Å². The molecule has 1 aromatic heterocycles. The van der Waals surface area contributed by atoms with Crippen LogP contribution in [0.5, 0.6) is 0 Å².